The van der Waals surface area contributed by atoms with Crippen LogP contribution in [0, 0.1) is 6.92 Å². The van der Waals surface area contributed by atoms with E-state index in [4.69, 9.17) is 0 Å². The third-order valence-corrected chi connectivity index (χ3v) is 3.41. The van der Waals surface area contributed by atoms with Gasteiger partial charge in [0, 0.05) is 18.0 Å². The molecule has 3 heteroatoms. The molecule has 0 saturated carbocycles. The number of nitrogens with zero attached hydrogens (tertiary/aromatic N) is 1. The first-order valence-electron chi connectivity index (χ1n) is 4.64. The number of pyridine rings is 1. The van der Waals surface area contributed by atoms with Crippen molar-refractivity contribution in [2.45, 2.75) is 23.6 Å². The zero-order valence-electron chi connectivity index (χ0n) is 7.79. The Bertz CT molecular complexity index is 265. The van der Waals surface area contributed by atoms with Crippen molar-refractivity contribution in [1.29, 1.82) is 0 Å². The van der Waals surface area contributed by atoms with E-state index >= 15 is 0 Å². The Balaban J connectivity index is 1.97. The summed E-state index contributed by atoms with van der Waals surface area (Å²) < 4.78 is 0. The molecule has 1 N–H and O–H groups in total. The third-order valence-electron chi connectivity index (χ3n) is 2.19. The minimum absolute atomic E-state index is 0.718. The van der Waals surface area contributed by atoms with Crippen LogP contribution in [0.1, 0.15) is 12.0 Å². The SMILES string of the molecule is Cc1ccc(S[C@H]2CCNC2)nc1. The topological polar surface area (TPSA) is 24.9 Å². The standard InChI is InChI=1S/C10H14N2S/c1-8-2-3-10(12-6-8)13-9-4-5-11-7-9/h2-3,6,9,11H,4-5,7H2,1H3/t9-/m0/s1. The van der Waals surface area contributed by atoms with Crippen LogP contribution >= 0.6 is 11.8 Å². The monoisotopic (exact) mass is 194 g/mol. The summed E-state index contributed by atoms with van der Waals surface area (Å²) in [6, 6.07) is 4.23. The van der Waals surface area contributed by atoms with Crippen molar-refractivity contribution in [2.75, 3.05) is 13.1 Å². The van der Waals surface area contributed by atoms with E-state index in [1.165, 1.54) is 12.0 Å². The van der Waals surface area contributed by atoms with E-state index < -0.39 is 0 Å². The fourth-order valence-electron chi connectivity index (χ4n) is 1.42. The Morgan fingerprint density at radius 3 is 3.08 bits per heavy atom. The number of aromatic nitrogens is 1. The van der Waals surface area contributed by atoms with E-state index in [-0.39, 0.29) is 0 Å². The number of thioether (sulfide) groups is 1. The van der Waals surface area contributed by atoms with Gasteiger partial charge in [0.2, 0.25) is 0 Å². The zero-order chi connectivity index (χ0) is 9.10. The molecule has 2 rings (SSSR count). The van der Waals surface area contributed by atoms with Crippen LogP contribution < -0.4 is 5.32 Å². The highest BCUT2D eigenvalue weighted by atomic mass is 32.2. The van der Waals surface area contributed by atoms with Gasteiger partial charge in [-0.2, -0.15) is 0 Å². The van der Waals surface area contributed by atoms with E-state index in [1.807, 2.05) is 18.0 Å². The van der Waals surface area contributed by atoms with Gasteiger partial charge in [-0.25, -0.2) is 4.98 Å². The summed E-state index contributed by atoms with van der Waals surface area (Å²) in [5.41, 5.74) is 1.23. The summed E-state index contributed by atoms with van der Waals surface area (Å²) >= 11 is 1.89. The highest BCUT2D eigenvalue weighted by Gasteiger charge is 2.15. The average Bonchev–Trinajstić information content (AvgIpc) is 2.62. The Morgan fingerprint density at radius 1 is 1.54 bits per heavy atom. The van der Waals surface area contributed by atoms with Gasteiger partial charge in [0.1, 0.15) is 0 Å². The van der Waals surface area contributed by atoms with Crippen LogP contribution in [0.3, 0.4) is 0 Å². The molecule has 0 spiro atoms. The van der Waals surface area contributed by atoms with Crippen LogP contribution in [0.4, 0.5) is 0 Å². The van der Waals surface area contributed by atoms with Crippen LogP contribution in [0.15, 0.2) is 23.4 Å². The van der Waals surface area contributed by atoms with Gasteiger partial charge in [-0.15, -0.1) is 11.8 Å². The molecule has 0 radical (unpaired) electrons. The molecule has 13 heavy (non-hydrogen) atoms. The zero-order valence-corrected chi connectivity index (χ0v) is 8.60. The molecule has 0 aliphatic carbocycles. The second-order valence-corrected chi connectivity index (χ2v) is 4.73. The molecule has 1 aliphatic rings. The van der Waals surface area contributed by atoms with Crippen molar-refractivity contribution >= 4 is 11.8 Å². The fraction of sp³-hybridized carbons (Fsp3) is 0.500. The number of nitrogens with one attached hydrogen (secondary N) is 1. The highest BCUT2D eigenvalue weighted by molar-refractivity contribution is 7.99. The van der Waals surface area contributed by atoms with Gasteiger partial charge < -0.3 is 5.32 Å². The van der Waals surface area contributed by atoms with E-state index in [0.717, 1.165) is 23.4 Å². The van der Waals surface area contributed by atoms with Gasteiger partial charge in [-0.3, -0.25) is 0 Å². The minimum atomic E-state index is 0.718. The molecule has 1 saturated heterocycles. The molecule has 2 heterocycles. The first-order valence-corrected chi connectivity index (χ1v) is 5.52. The van der Waals surface area contributed by atoms with Crippen molar-refractivity contribution in [3.63, 3.8) is 0 Å². The molecule has 1 aromatic heterocycles. The normalized spacial score (nSPS) is 22.1. The van der Waals surface area contributed by atoms with Crippen molar-refractivity contribution in [3.8, 4) is 0 Å². The smallest absolute Gasteiger partial charge is 0.0963 e. The quantitative estimate of drug-likeness (QED) is 0.777. The van der Waals surface area contributed by atoms with Crippen LogP contribution in [0.5, 0.6) is 0 Å². The lowest BCUT2D eigenvalue weighted by molar-refractivity contribution is 0.858. The molecule has 1 aromatic rings. The fourth-order valence-corrected chi connectivity index (χ4v) is 2.46. The number of rotatable bonds is 2. The van der Waals surface area contributed by atoms with Crippen molar-refractivity contribution in [3.05, 3.63) is 23.9 Å². The van der Waals surface area contributed by atoms with E-state index in [2.05, 4.69) is 29.4 Å². The van der Waals surface area contributed by atoms with Gasteiger partial charge in [0.05, 0.1) is 5.03 Å². The second-order valence-electron chi connectivity index (χ2n) is 3.41. The first-order chi connectivity index (χ1) is 6.34. The summed E-state index contributed by atoms with van der Waals surface area (Å²) in [5, 5.41) is 5.23. The summed E-state index contributed by atoms with van der Waals surface area (Å²) in [5.74, 6) is 0. The third kappa shape index (κ3) is 2.45. The van der Waals surface area contributed by atoms with E-state index in [0.29, 0.717) is 0 Å². The largest absolute Gasteiger partial charge is 0.316 e. The lowest BCUT2D eigenvalue weighted by Crippen LogP contribution is -2.10. The molecule has 0 aromatic carbocycles. The maximum Gasteiger partial charge on any atom is 0.0963 e. The molecule has 1 atom stereocenters. The predicted octanol–water partition coefficient (Wildman–Crippen LogP) is 1.84. The summed E-state index contributed by atoms with van der Waals surface area (Å²) in [7, 11) is 0. The van der Waals surface area contributed by atoms with Crippen LogP contribution in [-0.2, 0) is 0 Å². The van der Waals surface area contributed by atoms with E-state index in [1.54, 1.807) is 0 Å². The Labute approximate surface area is 83.1 Å². The Morgan fingerprint density at radius 2 is 2.46 bits per heavy atom. The van der Waals surface area contributed by atoms with Gasteiger partial charge in [-0.1, -0.05) is 6.07 Å². The molecule has 2 nitrogen and oxygen atoms in total. The lowest BCUT2D eigenvalue weighted by Gasteiger charge is -2.06. The molecule has 1 aliphatic heterocycles. The molecule has 0 bridgehead atoms. The highest BCUT2D eigenvalue weighted by Crippen LogP contribution is 2.24. The lowest BCUT2D eigenvalue weighted by atomic mass is 10.3. The van der Waals surface area contributed by atoms with Crippen LogP contribution in [0.25, 0.3) is 0 Å². The van der Waals surface area contributed by atoms with Gasteiger partial charge >= 0.3 is 0 Å². The first kappa shape index (κ1) is 9.03. The summed E-state index contributed by atoms with van der Waals surface area (Å²) in [6.45, 7) is 4.35. The maximum absolute atomic E-state index is 4.38. The average molecular weight is 194 g/mol. The minimum Gasteiger partial charge on any atom is -0.316 e. The van der Waals surface area contributed by atoms with Crippen molar-refractivity contribution in [1.82, 2.24) is 10.3 Å². The number of aryl methyl sites for hydroxylation is 1. The summed E-state index contributed by atoms with van der Waals surface area (Å²) in [4.78, 5) is 4.38. The van der Waals surface area contributed by atoms with Gasteiger partial charge in [-0.05, 0) is 31.5 Å². The summed E-state index contributed by atoms with van der Waals surface area (Å²) in [6.07, 6.45) is 3.20. The molecule has 1 fully saturated rings. The van der Waals surface area contributed by atoms with Gasteiger partial charge in [0.15, 0.2) is 0 Å². The molecule has 0 amide bonds. The van der Waals surface area contributed by atoms with Crippen LogP contribution in [0.2, 0.25) is 0 Å². The number of hydrogen-bond acceptors (Lipinski definition) is 3. The maximum atomic E-state index is 4.38. The molecular weight excluding hydrogens is 180 g/mol. The van der Waals surface area contributed by atoms with Crippen molar-refractivity contribution < 1.29 is 0 Å². The molecule has 70 valence electrons. The van der Waals surface area contributed by atoms with E-state index in [9.17, 15) is 0 Å². The molecule has 0 unspecified atom stereocenters. The predicted molar refractivity (Wildman–Crippen MR) is 56.1 cm³/mol. The number of hydrogen-bond donors (Lipinski definition) is 1. The van der Waals surface area contributed by atoms with Gasteiger partial charge in [0.25, 0.3) is 0 Å². The second kappa shape index (κ2) is 4.11. The molecular formula is C10H14N2S. The Hall–Kier alpha value is -0.540. The Kier molecular flexibility index (Phi) is 2.86. The van der Waals surface area contributed by atoms with Crippen LogP contribution in [-0.4, -0.2) is 23.3 Å². The van der Waals surface area contributed by atoms with Crippen molar-refractivity contribution in [2.24, 2.45) is 0 Å².